The van der Waals surface area contributed by atoms with Crippen molar-refractivity contribution in [3.63, 3.8) is 0 Å². The lowest BCUT2D eigenvalue weighted by Gasteiger charge is -2.32. The molecule has 2 aromatic rings. The maximum Gasteiger partial charge on any atom is 0.253 e. The number of fused-ring (bicyclic) bond motifs is 3. The van der Waals surface area contributed by atoms with E-state index < -0.39 is 0 Å². The molecule has 162 valence electrons. The predicted molar refractivity (Wildman–Crippen MR) is 123 cm³/mol. The maximum absolute atomic E-state index is 13.2. The first-order valence-electron chi connectivity index (χ1n) is 11.6. The number of likely N-dealkylation sites (tertiary alicyclic amines) is 1. The van der Waals surface area contributed by atoms with E-state index >= 15 is 0 Å². The van der Waals surface area contributed by atoms with Crippen LogP contribution >= 0.6 is 11.9 Å². The number of amides is 1. The molecule has 5 nitrogen and oxygen atoms in total. The third kappa shape index (κ3) is 3.67. The van der Waals surface area contributed by atoms with Crippen LogP contribution in [0.5, 0.6) is 0 Å². The largest absolute Gasteiger partial charge is 0.380 e. The first-order valence-corrected chi connectivity index (χ1v) is 12.5. The van der Waals surface area contributed by atoms with E-state index in [4.69, 9.17) is 4.74 Å². The SMILES string of the molecule is CCSn1c2c(c3cc(C(=O)N4CCC(C)CC4)ccc31)CN(C1CCOC1)CC2. The van der Waals surface area contributed by atoms with Crippen molar-refractivity contribution in [2.75, 3.05) is 38.6 Å². The third-order valence-electron chi connectivity index (χ3n) is 7.13. The summed E-state index contributed by atoms with van der Waals surface area (Å²) in [4.78, 5) is 17.9. The van der Waals surface area contributed by atoms with Crippen LogP contribution in [0.4, 0.5) is 0 Å². The van der Waals surface area contributed by atoms with Gasteiger partial charge in [-0.05, 0) is 60.9 Å². The highest BCUT2D eigenvalue weighted by molar-refractivity contribution is 7.98. The lowest BCUT2D eigenvalue weighted by atomic mass is 9.98. The van der Waals surface area contributed by atoms with Crippen LogP contribution in [0.3, 0.4) is 0 Å². The minimum Gasteiger partial charge on any atom is -0.380 e. The van der Waals surface area contributed by atoms with E-state index in [-0.39, 0.29) is 5.91 Å². The molecule has 3 aliphatic rings. The lowest BCUT2D eigenvalue weighted by molar-refractivity contribution is 0.0697. The third-order valence-corrected chi connectivity index (χ3v) is 8.06. The van der Waals surface area contributed by atoms with Gasteiger partial charge in [-0.3, -0.25) is 13.7 Å². The number of carbonyl (C=O) groups is 1. The van der Waals surface area contributed by atoms with E-state index in [1.807, 2.05) is 22.9 Å². The Hall–Kier alpha value is -1.50. The first-order chi connectivity index (χ1) is 14.7. The number of rotatable bonds is 4. The molecule has 1 aromatic carbocycles. The molecule has 0 radical (unpaired) electrons. The molecule has 1 unspecified atom stereocenters. The van der Waals surface area contributed by atoms with E-state index in [1.54, 1.807) is 0 Å². The van der Waals surface area contributed by atoms with E-state index in [0.717, 1.165) is 82.3 Å². The van der Waals surface area contributed by atoms with Gasteiger partial charge in [0.25, 0.3) is 5.91 Å². The molecule has 4 heterocycles. The molecule has 0 spiro atoms. The average Bonchev–Trinajstić information content (AvgIpc) is 3.41. The van der Waals surface area contributed by atoms with Crippen LogP contribution in [-0.2, 0) is 17.7 Å². The minimum absolute atomic E-state index is 0.199. The number of hydrogen-bond donors (Lipinski definition) is 0. The normalized spacial score (nSPS) is 23.3. The van der Waals surface area contributed by atoms with Crippen LogP contribution in [0.15, 0.2) is 18.2 Å². The molecule has 0 bridgehead atoms. The van der Waals surface area contributed by atoms with Crippen LogP contribution < -0.4 is 0 Å². The second-order valence-corrected chi connectivity index (χ2v) is 10.3. The second kappa shape index (κ2) is 8.56. The second-order valence-electron chi connectivity index (χ2n) is 9.08. The summed E-state index contributed by atoms with van der Waals surface area (Å²) in [7, 11) is 0. The highest BCUT2D eigenvalue weighted by Crippen LogP contribution is 2.36. The van der Waals surface area contributed by atoms with Gasteiger partial charge in [-0.15, -0.1) is 0 Å². The molecule has 0 aliphatic carbocycles. The summed E-state index contributed by atoms with van der Waals surface area (Å²) in [5, 5.41) is 1.27. The van der Waals surface area contributed by atoms with Gasteiger partial charge >= 0.3 is 0 Å². The Balaban J connectivity index is 1.49. The highest BCUT2D eigenvalue weighted by atomic mass is 32.2. The van der Waals surface area contributed by atoms with Crippen molar-refractivity contribution in [2.24, 2.45) is 5.92 Å². The molecule has 2 fully saturated rings. The Labute approximate surface area is 183 Å². The Kier molecular flexibility index (Phi) is 5.82. The van der Waals surface area contributed by atoms with Crippen molar-refractivity contribution in [3.05, 3.63) is 35.0 Å². The fourth-order valence-corrected chi connectivity index (χ4v) is 6.18. The molecule has 0 N–H and O–H groups in total. The summed E-state index contributed by atoms with van der Waals surface area (Å²) in [5.41, 5.74) is 4.98. The van der Waals surface area contributed by atoms with E-state index in [9.17, 15) is 4.79 Å². The zero-order valence-corrected chi connectivity index (χ0v) is 19.0. The standard InChI is InChI=1S/C24H33N3O2S/c1-3-30-27-22-5-4-18(24(28)25-10-6-17(2)7-11-25)14-20(22)21-15-26(12-8-23(21)27)19-9-13-29-16-19/h4-5,14,17,19H,3,6-13,15-16H2,1-2H3. The number of piperidine rings is 1. The van der Waals surface area contributed by atoms with E-state index in [0.29, 0.717) is 6.04 Å². The number of hydrogen-bond acceptors (Lipinski definition) is 4. The van der Waals surface area contributed by atoms with Crippen LogP contribution in [0.25, 0.3) is 10.9 Å². The van der Waals surface area contributed by atoms with Gasteiger partial charge in [0.2, 0.25) is 0 Å². The molecule has 1 atom stereocenters. The highest BCUT2D eigenvalue weighted by Gasteiger charge is 2.31. The zero-order valence-electron chi connectivity index (χ0n) is 18.2. The minimum atomic E-state index is 0.199. The fraction of sp³-hybridized carbons (Fsp3) is 0.625. The summed E-state index contributed by atoms with van der Waals surface area (Å²) in [6, 6.07) is 6.94. The number of nitrogens with zero attached hydrogens (tertiary/aromatic N) is 3. The molecular formula is C24H33N3O2S. The Morgan fingerprint density at radius 3 is 2.77 bits per heavy atom. The van der Waals surface area contributed by atoms with Crippen molar-refractivity contribution in [1.29, 1.82) is 0 Å². The Morgan fingerprint density at radius 2 is 2.03 bits per heavy atom. The molecule has 30 heavy (non-hydrogen) atoms. The number of benzene rings is 1. The molecule has 6 heteroatoms. The average molecular weight is 428 g/mol. The van der Waals surface area contributed by atoms with Crippen molar-refractivity contribution in [3.8, 4) is 0 Å². The van der Waals surface area contributed by atoms with Crippen molar-refractivity contribution in [1.82, 2.24) is 13.8 Å². The first kappa shape index (κ1) is 20.4. The van der Waals surface area contributed by atoms with Crippen molar-refractivity contribution < 1.29 is 9.53 Å². The van der Waals surface area contributed by atoms with Gasteiger partial charge in [0, 0.05) is 67.6 Å². The van der Waals surface area contributed by atoms with Gasteiger partial charge < -0.3 is 9.64 Å². The zero-order chi connectivity index (χ0) is 20.7. The van der Waals surface area contributed by atoms with Crippen LogP contribution in [0.1, 0.15) is 54.7 Å². The van der Waals surface area contributed by atoms with Gasteiger partial charge in [0.1, 0.15) is 0 Å². The van der Waals surface area contributed by atoms with Gasteiger partial charge in [0.15, 0.2) is 0 Å². The summed E-state index contributed by atoms with van der Waals surface area (Å²) < 4.78 is 8.09. The van der Waals surface area contributed by atoms with Crippen LogP contribution in [-0.4, -0.2) is 64.3 Å². The van der Waals surface area contributed by atoms with Crippen LogP contribution in [0, 0.1) is 5.92 Å². The Bertz CT molecular complexity index is 926. The number of ether oxygens (including phenoxy) is 1. The van der Waals surface area contributed by atoms with Crippen molar-refractivity contribution in [2.45, 2.75) is 52.1 Å². The topological polar surface area (TPSA) is 37.7 Å². The van der Waals surface area contributed by atoms with E-state index in [2.05, 4.69) is 34.9 Å². The Morgan fingerprint density at radius 1 is 1.20 bits per heavy atom. The van der Waals surface area contributed by atoms with E-state index in [1.165, 1.54) is 22.2 Å². The number of carbonyl (C=O) groups excluding carboxylic acids is 1. The van der Waals surface area contributed by atoms with Crippen molar-refractivity contribution >= 4 is 28.8 Å². The van der Waals surface area contributed by atoms with Gasteiger partial charge in [-0.1, -0.05) is 13.8 Å². The monoisotopic (exact) mass is 427 g/mol. The summed E-state index contributed by atoms with van der Waals surface area (Å²) in [5.74, 6) is 1.97. The maximum atomic E-state index is 13.2. The molecule has 1 aromatic heterocycles. The van der Waals surface area contributed by atoms with Crippen LogP contribution in [0.2, 0.25) is 0 Å². The predicted octanol–water partition coefficient (Wildman–Crippen LogP) is 4.18. The molecule has 5 rings (SSSR count). The molecule has 0 saturated carbocycles. The molecule has 1 amide bonds. The summed E-state index contributed by atoms with van der Waals surface area (Å²) >= 11 is 1.88. The summed E-state index contributed by atoms with van der Waals surface area (Å²) in [6.45, 7) is 10.1. The van der Waals surface area contributed by atoms with Gasteiger partial charge in [-0.25, -0.2) is 0 Å². The van der Waals surface area contributed by atoms with Gasteiger partial charge in [-0.2, -0.15) is 0 Å². The fourth-order valence-electron chi connectivity index (χ4n) is 5.26. The van der Waals surface area contributed by atoms with Gasteiger partial charge in [0.05, 0.1) is 12.1 Å². The number of aromatic nitrogens is 1. The lowest BCUT2D eigenvalue weighted by Crippen LogP contribution is -2.39. The summed E-state index contributed by atoms with van der Waals surface area (Å²) in [6.07, 6.45) is 4.44. The quantitative estimate of drug-likeness (QED) is 0.734. The molecule has 2 saturated heterocycles. The smallest absolute Gasteiger partial charge is 0.253 e. The molecular weight excluding hydrogens is 394 g/mol. The molecule has 3 aliphatic heterocycles.